The molecule has 0 spiro atoms. The van der Waals surface area contributed by atoms with Crippen LogP contribution in [0.4, 0.5) is 5.69 Å². The smallest absolute Gasteiger partial charge is 0.248 e. The topological polar surface area (TPSA) is 54.9 Å². The van der Waals surface area contributed by atoms with Crippen molar-refractivity contribution in [2.24, 2.45) is 5.92 Å². The summed E-state index contributed by atoms with van der Waals surface area (Å²) in [5.74, 6) is 0.526. The first-order chi connectivity index (χ1) is 12.8. The number of aromatic nitrogens is 1. The van der Waals surface area contributed by atoms with Crippen LogP contribution in [-0.2, 0) is 14.3 Å². The molecule has 0 radical (unpaired) electrons. The summed E-state index contributed by atoms with van der Waals surface area (Å²) >= 11 is 0. The highest BCUT2D eigenvalue weighted by Gasteiger charge is 2.23. The van der Waals surface area contributed by atoms with Crippen molar-refractivity contribution in [1.29, 1.82) is 0 Å². The van der Waals surface area contributed by atoms with Gasteiger partial charge in [0.1, 0.15) is 6.61 Å². The van der Waals surface area contributed by atoms with E-state index in [9.17, 15) is 4.79 Å². The molecule has 1 aromatic heterocycles. The van der Waals surface area contributed by atoms with Crippen molar-refractivity contribution < 1.29 is 14.3 Å². The lowest BCUT2D eigenvalue weighted by Gasteiger charge is -2.36. The SMILES string of the molecule is O=C(COCC1CCOC1)N1CCN(c2cncc3ccccc23)CC1. The van der Waals surface area contributed by atoms with Crippen molar-refractivity contribution >= 4 is 22.4 Å². The summed E-state index contributed by atoms with van der Waals surface area (Å²) in [4.78, 5) is 21.0. The van der Waals surface area contributed by atoms with E-state index in [1.807, 2.05) is 23.4 Å². The third-order valence-electron chi connectivity index (χ3n) is 5.22. The summed E-state index contributed by atoms with van der Waals surface area (Å²) < 4.78 is 10.9. The first kappa shape index (κ1) is 17.2. The van der Waals surface area contributed by atoms with E-state index in [1.165, 1.54) is 5.39 Å². The van der Waals surface area contributed by atoms with Gasteiger partial charge in [-0.15, -0.1) is 0 Å². The molecule has 2 aromatic rings. The van der Waals surface area contributed by atoms with E-state index in [1.54, 1.807) is 0 Å². The Morgan fingerprint density at radius 2 is 2.04 bits per heavy atom. The first-order valence-corrected chi connectivity index (χ1v) is 9.32. The number of anilines is 1. The third-order valence-corrected chi connectivity index (χ3v) is 5.22. The number of ether oxygens (including phenoxy) is 2. The Bertz CT molecular complexity index is 748. The maximum absolute atomic E-state index is 12.4. The first-order valence-electron chi connectivity index (χ1n) is 9.32. The number of pyridine rings is 1. The van der Waals surface area contributed by atoms with E-state index in [2.05, 4.69) is 28.1 Å². The Balaban J connectivity index is 1.30. The highest BCUT2D eigenvalue weighted by atomic mass is 16.5. The van der Waals surface area contributed by atoms with Crippen molar-refractivity contribution in [3.8, 4) is 0 Å². The van der Waals surface area contributed by atoms with E-state index in [0.29, 0.717) is 12.5 Å². The summed E-state index contributed by atoms with van der Waals surface area (Å²) in [6.07, 6.45) is 4.85. The normalized spacial score (nSPS) is 20.7. The van der Waals surface area contributed by atoms with Gasteiger partial charge >= 0.3 is 0 Å². The quantitative estimate of drug-likeness (QED) is 0.820. The number of hydrogen-bond donors (Lipinski definition) is 0. The summed E-state index contributed by atoms with van der Waals surface area (Å²) in [7, 11) is 0. The van der Waals surface area contributed by atoms with Crippen LogP contribution >= 0.6 is 0 Å². The fraction of sp³-hybridized carbons (Fsp3) is 0.500. The van der Waals surface area contributed by atoms with Gasteiger partial charge in [-0.25, -0.2) is 0 Å². The molecule has 2 aliphatic rings. The molecule has 2 saturated heterocycles. The van der Waals surface area contributed by atoms with E-state index < -0.39 is 0 Å². The lowest BCUT2D eigenvalue weighted by molar-refractivity contribution is -0.136. The summed E-state index contributed by atoms with van der Waals surface area (Å²) in [6.45, 7) is 5.43. The van der Waals surface area contributed by atoms with Gasteiger partial charge < -0.3 is 19.3 Å². The molecule has 3 heterocycles. The van der Waals surface area contributed by atoms with Gasteiger partial charge in [-0.3, -0.25) is 9.78 Å². The predicted octanol–water partition coefficient (Wildman–Crippen LogP) is 1.94. The maximum Gasteiger partial charge on any atom is 0.248 e. The molecular formula is C20H25N3O3. The van der Waals surface area contributed by atoms with Crippen molar-refractivity contribution in [2.45, 2.75) is 6.42 Å². The molecule has 1 unspecified atom stereocenters. The molecule has 6 nitrogen and oxygen atoms in total. The Morgan fingerprint density at radius 1 is 1.19 bits per heavy atom. The Morgan fingerprint density at radius 3 is 2.85 bits per heavy atom. The average Bonchev–Trinajstić information content (AvgIpc) is 3.21. The monoisotopic (exact) mass is 355 g/mol. The van der Waals surface area contributed by atoms with Gasteiger partial charge in [-0.2, -0.15) is 0 Å². The highest BCUT2D eigenvalue weighted by Crippen LogP contribution is 2.26. The summed E-state index contributed by atoms with van der Waals surface area (Å²) in [6, 6.07) is 8.29. The van der Waals surface area contributed by atoms with Crippen LogP contribution in [0.5, 0.6) is 0 Å². The van der Waals surface area contributed by atoms with Crippen molar-refractivity contribution in [3.63, 3.8) is 0 Å². The zero-order chi connectivity index (χ0) is 17.8. The number of benzene rings is 1. The van der Waals surface area contributed by atoms with Gasteiger partial charge in [0, 0.05) is 55.7 Å². The number of fused-ring (bicyclic) bond motifs is 1. The zero-order valence-electron chi connectivity index (χ0n) is 15.0. The molecule has 2 fully saturated rings. The summed E-state index contributed by atoms with van der Waals surface area (Å²) in [5.41, 5.74) is 1.15. The van der Waals surface area contributed by atoms with Crippen LogP contribution in [0.2, 0.25) is 0 Å². The zero-order valence-corrected chi connectivity index (χ0v) is 15.0. The standard InChI is InChI=1S/C20H25N3O3/c24-20(15-26-14-16-5-10-25-13-16)23-8-6-22(7-9-23)19-12-21-11-17-3-1-2-4-18(17)19/h1-4,11-12,16H,5-10,13-15H2. The highest BCUT2D eigenvalue weighted by molar-refractivity contribution is 5.93. The Kier molecular flexibility index (Phi) is 5.32. The average molecular weight is 355 g/mol. The van der Waals surface area contributed by atoms with Gasteiger partial charge in [-0.1, -0.05) is 24.3 Å². The van der Waals surface area contributed by atoms with Crippen LogP contribution in [0.25, 0.3) is 10.8 Å². The molecule has 4 rings (SSSR count). The van der Waals surface area contributed by atoms with Gasteiger partial charge in [0.25, 0.3) is 0 Å². The molecule has 2 aliphatic heterocycles. The fourth-order valence-electron chi connectivity index (χ4n) is 3.67. The number of carbonyl (C=O) groups excluding carboxylic acids is 1. The maximum atomic E-state index is 12.4. The van der Waals surface area contributed by atoms with Gasteiger partial charge in [0.2, 0.25) is 5.91 Å². The minimum atomic E-state index is 0.0830. The van der Waals surface area contributed by atoms with Gasteiger partial charge in [0.15, 0.2) is 0 Å². The number of hydrogen-bond acceptors (Lipinski definition) is 5. The molecule has 0 N–H and O–H groups in total. The lowest BCUT2D eigenvalue weighted by Crippen LogP contribution is -2.50. The van der Waals surface area contributed by atoms with Crippen molar-refractivity contribution in [3.05, 3.63) is 36.7 Å². The molecule has 6 heteroatoms. The second-order valence-electron chi connectivity index (χ2n) is 6.99. The van der Waals surface area contributed by atoms with E-state index >= 15 is 0 Å². The largest absolute Gasteiger partial charge is 0.381 e. The number of nitrogens with zero attached hydrogens (tertiary/aromatic N) is 3. The van der Waals surface area contributed by atoms with Crippen LogP contribution in [0.3, 0.4) is 0 Å². The van der Waals surface area contributed by atoms with Crippen LogP contribution in [0.1, 0.15) is 6.42 Å². The van der Waals surface area contributed by atoms with Crippen LogP contribution in [-0.4, -0.2) is 68.4 Å². The van der Waals surface area contributed by atoms with E-state index in [4.69, 9.17) is 9.47 Å². The van der Waals surface area contributed by atoms with Gasteiger partial charge in [0.05, 0.1) is 25.1 Å². The molecule has 138 valence electrons. The number of amides is 1. The third kappa shape index (κ3) is 3.81. The second-order valence-corrected chi connectivity index (χ2v) is 6.99. The molecule has 0 bridgehead atoms. The molecule has 1 aromatic carbocycles. The minimum absolute atomic E-state index is 0.0830. The molecule has 26 heavy (non-hydrogen) atoms. The molecule has 1 amide bonds. The Labute approximate surface area is 153 Å². The van der Waals surface area contributed by atoms with E-state index in [-0.39, 0.29) is 12.5 Å². The van der Waals surface area contributed by atoms with Crippen molar-refractivity contribution in [1.82, 2.24) is 9.88 Å². The summed E-state index contributed by atoms with van der Waals surface area (Å²) in [5, 5.41) is 2.36. The molecule has 1 atom stereocenters. The van der Waals surface area contributed by atoms with Crippen LogP contribution in [0, 0.1) is 5.92 Å². The number of piperazine rings is 1. The number of carbonyl (C=O) groups is 1. The van der Waals surface area contributed by atoms with E-state index in [0.717, 1.165) is 56.9 Å². The minimum Gasteiger partial charge on any atom is -0.381 e. The fourth-order valence-corrected chi connectivity index (χ4v) is 3.67. The van der Waals surface area contributed by atoms with Gasteiger partial charge in [-0.05, 0) is 6.42 Å². The lowest BCUT2D eigenvalue weighted by atomic mass is 10.1. The second kappa shape index (κ2) is 8.01. The molecule has 0 saturated carbocycles. The predicted molar refractivity (Wildman–Crippen MR) is 100 cm³/mol. The Hall–Kier alpha value is -2.18. The molecular weight excluding hydrogens is 330 g/mol. The van der Waals surface area contributed by atoms with Crippen molar-refractivity contribution in [2.75, 3.05) is 57.5 Å². The van der Waals surface area contributed by atoms with Crippen LogP contribution in [0.15, 0.2) is 36.7 Å². The van der Waals surface area contributed by atoms with Crippen LogP contribution < -0.4 is 4.90 Å². The number of rotatable bonds is 5. The molecule has 0 aliphatic carbocycles.